The zero-order valence-corrected chi connectivity index (χ0v) is 14.1. The van der Waals surface area contributed by atoms with E-state index in [0.717, 1.165) is 52.5 Å². The lowest BCUT2D eigenvalue weighted by atomic mass is 10.0. The summed E-state index contributed by atoms with van der Waals surface area (Å²) in [7, 11) is 1.60. The highest BCUT2D eigenvalue weighted by Crippen LogP contribution is 2.29. The number of benzene rings is 1. The molecule has 0 saturated heterocycles. The number of aryl methyl sites for hydroxylation is 1. The molecule has 0 bridgehead atoms. The van der Waals surface area contributed by atoms with Gasteiger partial charge >= 0.3 is 0 Å². The Morgan fingerprint density at radius 3 is 3.00 bits per heavy atom. The lowest BCUT2D eigenvalue weighted by Gasteiger charge is -2.13. The van der Waals surface area contributed by atoms with Gasteiger partial charge in [0.1, 0.15) is 5.75 Å². The minimum atomic E-state index is -0.0560. The van der Waals surface area contributed by atoms with Gasteiger partial charge in [0.15, 0.2) is 0 Å². The number of methoxy groups -OCH3 is 1. The van der Waals surface area contributed by atoms with Crippen LogP contribution in [0.25, 0.3) is 10.9 Å². The van der Waals surface area contributed by atoms with Gasteiger partial charge in [-0.25, -0.2) is 0 Å². The molecule has 0 saturated carbocycles. The maximum Gasteiger partial charge on any atom is 0.252 e. The summed E-state index contributed by atoms with van der Waals surface area (Å²) in [4.78, 5) is 21.8. The number of nitrogens with zero attached hydrogens (tertiary/aromatic N) is 2. The van der Waals surface area contributed by atoms with Crippen LogP contribution < -0.4 is 10.1 Å². The van der Waals surface area contributed by atoms with Crippen molar-refractivity contribution in [2.24, 2.45) is 0 Å². The van der Waals surface area contributed by atoms with Crippen LogP contribution in [0.3, 0.4) is 0 Å². The zero-order chi connectivity index (χ0) is 17.2. The number of hydrogen-bond acceptors (Lipinski definition) is 4. The van der Waals surface area contributed by atoms with Gasteiger partial charge in [0.05, 0.1) is 24.4 Å². The number of hydrogen-bond donors (Lipinski definition) is 1. The molecule has 1 aromatic carbocycles. The Labute approximate surface area is 146 Å². The SMILES string of the molecule is COc1cncc(CNC(=O)c2c3c(nc4ccccc24)CCC3)c1. The number of carbonyl (C=O) groups is 1. The first kappa shape index (κ1) is 15.6. The number of nitrogens with one attached hydrogen (secondary N) is 1. The first-order valence-electron chi connectivity index (χ1n) is 8.43. The summed E-state index contributed by atoms with van der Waals surface area (Å²) in [6.45, 7) is 0.411. The van der Waals surface area contributed by atoms with Gasteiger partial charge in [0, 0.05) is 23.8 Å². The molecule has 25 heavy (non-hydrogen) atoms. The van der Waals surface area contributed by atoms with E-state index < -0.39 is 0 Å². The summed E-state index contributed by atoms with van der Waals surface area (Å²) >= 11 is 0. The van der Waals surface area contributed by atoms with E-state index in [-0.39, 0.29) is 5.91 Å². The van der Waals surface area contributed by atoms with Gasteiger partial charge in [-0.2, -0.15) is 0 Å². The van der Waals surface area contributed by atoms with Crippen LogP contribution in [-0.4, -0.2) is 23.0 Å². The molecule has 0 unspecified atom stereocenters. The number of rotatable bonds is 4. The Morgan fingerprint density at radius 1 is 1.24 bits per heavy atom. The molecular weight excluding hydrogens is 314 g/mol. The molecule has 2 heterocycles. The van der Waals surface area contributed by atoms with Crippen LogP contribution in [-0.2, 0) is 19.4 Å². The van der Waals surface area contributed by atoms with Crippen LogP contribution in [0.15, 0.2) is 42.7 Å². The van der Waals surface area contributed by atoms with Crippen LogP contribution in [0.4, 0.5) is 0 Å². The molecule has 1 N–H and O–H groups in total. The monoisotopic (exact) mass is 333 g/mol. The molecule has 0 radical (unpaired) electrons. The van der Waals surface area contributed by atoms with E-state index in [1.54, 1.807) is 19.5 Å². The summed E-state index contributed by atoms with van der Waals surface area (Å²) in [5.41, 5.74) is 4.72. The Morgan fingerprint density at radius 2 is 2.12 bits per heavy atom. The van der Waals surface area contributed by atoms with Gasteiger partial charge in [0.25, 0.3) is 5.91 Å². The summed E-state index contributed by atoms with van der Waals surface area (Å²) in [5, 5.41) is 3.95. The summed E-state index contributed by atoms with van der Waals surface area (Å²) < 4.78 is 5.18. The van der Waals surface area contributed by atoms with Crippen LogP contribution in [0.2, 0.25) is 0 Å². The molecule has 2 aromatic heterocycles. The molecule has 0 atom stereocenters. The molecule has 0 aliphatic heterocycles. The van der Waals surface area contributed by atoms with Crippen molar-refractivity contribution in [1.29, 1.82) is 0 Å². The van der Waals surface area contributed by atoms with E-state index >= 15 is 0 Å². The van der Waals surface area contributed by atoms with E-state index in [1.807, 2.05) is 30.3 Å². The lowest BCUT2D eigenvalue weighted by molar-refractivity contribution is 0.0951. The van der Waals surface area contributed by atoms with Crippen molar-refractivity contribution in [3.63, 3.8) is 0 Å². The van der Waals surface area contributed by atoms with Crippen LogP contribution in [0.1, 0.15) is 33.6 Å². The molecule has 4 rings (SSSR count). The van der Waals surface area contributed by atoms with E-state index in [0.29, 0.717) is 12.3 Å². The molecule has 0 fully saturated rings. The number of carbonyl (C=O) groups excluding carboxylic acids is 1. The molecule has 3 aromatic rings. The highest BCUT2D eigenvalue weighted by molar-refractivity contribution is 6.07. The number of amides is 1. The molecular formula is C20H19N3O2. The second-order valence-electron chi connectivity index (χ2n) is 6.20. The van der Waals surface area contributed by atoms with Crippen molar-refractivity contribution in [3.8, 4) is 5.75 Å². The first-order chi connectivity index (χ1) is 12.3. The lowest BCUT2D eigenvalue weighted by Crippen LogP contribution is -2.24. The van der Waals surface area contributed by atoms with Crippen molar-refractivity contribution in [3.05, 3.63) is 65.1 Å². The minimum Gasteiger partial charge on any atom is -0.495 e. The van der Waals surface area contributed by atoms with E-state index in [1.165, 1.54) is 0 Å². The Hall–Kier alpha value is -2.95. The number of pyridine rings is 2. The standard InChI is InChI=1S/C20H19N3O2/c1-25-14-9-13(10-21-12-14)11-22-20(24)19-15-5-2-3-7-17(15)23-18-8-4-6-16(18)19/h2-3,5,7,9-10,12H,4,6,8,11H2,1H3,(H,22,24). The molecule has 1 aliphatic carbocycles. The zero-order valence-electron chi connectivity index (χ0n) is 14.1. The normalized spacial score (nSPS) is 12.8. The number of ether oxygens (including phenoxy) is 1. The fourth-order valence-corrected chi connectivity index (χ4v) is 3.41. The number of fused-ring (bicyclic) bond motifs is 2. The molecule has 1 amide bonds. The van der Waals surface area contributed by atoms with Gasteiger partial charge in [-0.3, -0.25) is 14.8 Å². The number of aromatic nitrogens is 2. The Bertz CT molecular complexity index is 953. The van der Waals surface area contributed by atoms with Crippen molar-refractivity contribution in [1.82, 2.24) is 15.3 Å². The van der Waals surface area contributed by atoms with Gasteiger partial charge in [-0.1, -0.05) is 18.2 Å². The third kappa shape index (κ3) is 2.93. The summed E-state index contributed by atoms with van der Waals surface area (Å²) in [6, 6.07) is 9.73. The molecule has 0 spiro atoms. The highest BCUT2D eigenvalue weighted by atomic mass is 16.5. The first-order valence-corrected chi connectivity index (χ1v) is 8.43. The quantitative estimate of drug-likeness (QED) is 0.797. The second kappa shape index (κ2) is 6.51. The van der Waals surface area contributed by atoms with Gasteiger partial charge in [0.2, 0.25) is 0 Å². The second-order valence-corrected chi connectivity index (χ2v) is 6.20. The Balaban J connectivity index is 1.66. The maximum absolute atomic E-state index is 13.0. The van der Waals surface area contributed by atoms with Crippen molar-refractivity contribution in [2.75, 3.05) is 7.11 Å². The highest BCUT2D eigenvalue weighted by Gasteiger charge is 2.23. The minimum absolute atomic E-state index is 0.0560. The third-order valence-electron chi connectivity index (χ3n) is 4.60. The molecule has 1 aliphatic rings. The van der Waals surface area contributed by atoms with E-state index in [2.05, 4.69) is 10.3 Å². The fraction of sp³-hybridized carbons (Fsp3) is 0.250. The topological polar surface area (TPSA) is 64.1 Å². The third-order valence-corrected chi connectivity index (χ3v) is 4.60. The van der Waals surface area contributed by atoms with Crippen LogP contribution in [0, 0.1) is 0 Å². The van der Waals surface area contributed by atoms with E-state index in [9.17, 15) is 4.79 Å². The van der Waals surface area contributed by atoms with E-state index in [4.69, 9.17) is 9.72 Å². The average Bonchev–Trinajstić information content (AvgIpc) is 3.12. The molecule has 5 nitrogen and oxygen atoms in total. The van der Waals surface area contributed by atoms with Crippen molar-refractivity contribution < 1.29 is 9.53 Å². The largest absolute Gasteiger partial charge is 0.495 e. The maximum atomic E-state index is 13.0. The van der Waals surface area contributed by atoms with Gasteiger partial charge in [-0.15, -0.1) is 0 Å². The molecule has 5 heteroatoms. The van der Waals surface area contributed by atoms with Crippen LogP contribution in [0.5, 0.6) is 5.75 Å². The predicted molar refractivity (Wildman–Crippen MR) is 95.7 cm³/mol. The predicted octanol–water partition coefficient (Wildman–Crippen LogP) is 3.06. The fourth-order valence-electron chi connectivity index (χ4n) is 3.41. The van der Waals surface area contributed by atoms with Crippen molar-refractivity contribution in [2.45, 2.75) is 25.8 Å². The van der Waals surface area contributed by atoms with Gasteiger partial charge in [-0.05, 0) is 42.5 Å². The Kier molecular flexibility index (Phi) is 4.06. The van der Waals surface area contributed by atoms with Crippen molar-refractivity contribution >= 4 is 16.8 Å². The van der Waals surface area contributed by atoms with Crippen LogP contribution >= 0.6 is 0 Å². The smallest absolute Gasteiger partial charge is 0.252 e. The van der Waals surface area contributed by atoms with Gasteiger partial charge < -0.3 is 10.1 Å². The number of para-hydroxylation sites is 1. The molecule has 126 valence electrons. The summed E-state index contributed by atoms with van der Waals surface area (Å²) in [6.07, 6.45) is 6.29. The average molecular weight is 333 g/mol. The summed E-state index contributed by atoms with van der Waals surface area (Å²) in [5.74, 6) is 0.626.